The lowest BCUT2D eigenvalue weighted by molar-refractivity contribution is 0.0726. The van der Waals surface area contributed by atoms with Crippen LogP contribution in [0.15, 0.2) is 48.8 Å². The van der Waals surface area contributed by atoms with Crippen LogP contribution >= 0.6 is 11.3 Å². The van der Waals surface area contributed by atoms with Gasteiger partial charge in [-0.15, -0.1) is 11.3 Å². The van der Waals surface area contributed by atoms with Gasteiger partial charge in [0.2, 0.25) is 0 Å². The molecule has 1 N–H and O–H groups in total. The van der Waals surface area contributed by atoms with Gasteiger partial charge in [0.05, 0.1) is 28.7 Å². The lowest BCUT2D eigenvalue weighted by Gasteiger charge is -2.19. The van der Waals surface area contributed by atoms with E-state index in [1.807, 2.05) is 37.3 Å². The second-order valence-corrected chi connectivity index (χ2v) is 8.12. The zero-order valence-corrected chi connectivity index (χ0v) is 17.0. The van der Waals surface area contributed by atoms with E-state index in [1.165, 1.54) is 6.20 Å². The van der Waals surface area contributed by atoms with Gasteiger partial charge in [0.25, 0.3) is 5.91 Å². The first-order chi connectivity index (χ1) is 14.6. The number of aromatic nitrogens is 3. The summed E-state index contributed by atoms with van der Waals surface area (Å²) in [7, 11) is 0. The van der Waals surface area contributed by atoms with Gasteiger partial charge < -0.3 is 14.7 Å². The molecule has 0 saturated heterocycles. The van der Waals surface area contributed by atoms with Crippen molar-refractivity contribution in [3.05, 3.63) is 65.7 Å². The molecule has 1 amide bonds. The van der Waals surface area contributed by atoms with Gasteiger partial charge in [0.15, 0.2) is 11.5 Å². The third-order valence-corrected chi connectivity index (χ3v) is 6.03. The quantitative estimate of drug-likeness (QED) is 0.533. The number of amides is 1. The number of benzene rings is 2. The van der Waals surface area contributed by atoms with Gasteiger partial charge in [0, 0.05) is 23.9 Å². The first-order valence-electron chi connectivity index (χ1n) is 9.51. The van der Waals surface area contributed by atoms with Crippen molar-refractivity contribution < 1.29 is 14.6 Å². The molecule has 0 atom stereocenters. The predicted molar refractivity (Wildman–Crippen MR) is 114 cm³/mol. The van der Waals surface area contributed by atoms with E-state index < -0.39 is 0 Å². The van der Waals surface area contributed by atoms with E-state index in [0.29, 0.717) is 18.8 Å². The zero-order chi connectivity index (χ0) is 20.7. The Balaban J connectivity index is 1.50. The predicted octanol–water partition coefficient (Wildman–Crippen LogP) is 3.80. The summed E-state index contributed by atoms with van der Waals surface area (Å²) in [6.07, 6.45) is 3.06. The van der Waals surface area contributed by atoms with Crippen LogP contribution < -0.4 is 4.74 Å². The summed E-state index contributed by atoms with van der Waals surface area (Å²) >= 11 is 1.56. The van der Waals surface area contributed by atoms with E-state index in [1.54, 1.807) is 28.5 Å². The van der Waals surface area contributed by atoms with Crippen molar-refractivity contribution in [3.63, 3.8) is 0 Å². The molecule has 0 saturated carbocycles. The maximum Gasteiger partial charge on any atom is 0.274 e. The molecule has 0 bridgehead atoms. The number of phenolic OH excluding ortho intramolecular Hbond substituents is 1. The van der Waals surface area contributed by atoms with Crippen LogP contribution in [0.2, 0.25) is 0 Å². The number of aromatic hydroxyl groups is 1. The fourth-order valence-corrected chi connectivity index (χ4v) is 4.41. The molecule has 150 valence electrons. The van der Waals surface area contributed by atoms with Crippen LogP contribution in [0.1, 0.15) is 21.7 Å². The minimum absolute atomic E-state index is 0.0474. The van der Waals surface area contributed by atoms with Crippen molar-refractivity contribution >= 4 is 27.5 Å². The number of rotatable bonds is 2. The molecular formula is C22H18N4O3S. The van der Waals surface area contributed by atoms with Crippen molar-refractivity contribution in [2.24, 2.45) is 0 Å². The van der Waals surface area contributed by atoms with Gasteiger partial charge in [-0.25, -0.2) is 9.97 Å². The summed E-state index contributed by atoms with van der Waals surface area (Å²) in [6, 6.07) is 11.5. The van der Waals surface area contributed by atoms with Gasteiger partial charge >= 0.3 is 0 Å². The smallest absolute Gasteiger partial charge is 0.274 e. The largest absolute Gasteiger partial charge is 0.504 e. The van der Waals surface area contributed by atoms with Crippen LogP contribution in [0.25, 0.3) is 20.8 Å². The number of para-hydroxylation sites is 1. The monoisotopic (exact) mass is 418 g/mol. The molecule has 0 aliphatic carbocycles. The minimum Gasteiger partial charge on any atom is -0.504 e. The Labute approximate surface area is 176 Å². The molecule has 2 aromatic carbocycles. The van der Waals surface area contributed by atoms with Gasteiger partial charge in [-0.05, 0) is 31.2 Å². The molecule has 3 heterocycles. The van der Waals surface area contributed by atoms with Crippen LogP contribution in [-0.2, 0) is 6.54 Å². The SMILES string of the molecule is Cc1cnc(C(=O)N2CCOc3c(O)cc(-c4nc5ccccc5s4)cc3C2)cn1. The summed E-state index contributed by atoms with van der Waals surface area (Å²) in [4.78, 5) is 27.6. The highest BCUT2D eigenvalue weighted by Crippen LogP contribution is 2.39. The number of hydrogen-bond donors (Lipinski definition) is 1. The van der Waals surface area contributed by atoms with Crippen molar-refractivity contribution in [2.45, 2.75) is 13.5 Å². The fourth-order valence-electron chi connectivity index (χ4n) is 3.46. The van der Waals surface area contributed by atoms with E-state index in [-0.39, 0.29) is 24.0 Å². The van der Waals surface area contributed by atoms with Crippen molar-refractivity contribution in [1.82, 2.24) is 19.9 Å². The van der Waals surface area contributed by atoms with Crippen LogP contribution in [0, 0.1) is 6.92 Å². The van der Waals surface area contributed by atoms with Gasteiger partial charge in [0.1, 0.15) is 17.3 Å². The van der Waals surface area contributed by atoms with Crippen molar-refractivity contribution in [3.8, 4) is 22.1 Å². The number of ether oxygens (including phenoxy) is 1. The Kier molecular flexibility index (Phi) is 4.55. The van der Waals surface area contributed by atoms with Crippen molar-refractivity contribution in [1.29, 1.82) is 0 Å². The Bertz CT molecular complexity index is 1220. The maximum atomic E-state index is 12.9. The number of carbonyl (C=O) groups is 1. The highest BCUT2D eigenvalue weighted by atomic mass is 32.1. The summed E-state index contributed by atoms with van der Waals surface area (Å²) in [5.41, 5.74) is 3.48. The van der Waals surface area contributed by atoms with Crippen LogP contribution in [0.5, 0.6) is 11.5 Å². The highest BCUT2D eigenvalue weighted by Gasteiger charge is 2.25. The van der Waals surface area contributed by atoms with E-state index in [2.05, 4.69) is 15.0 Å². The Morgan fingerprint density at radius 1 is 1.20 bits per heavy atom. The Morgan fingerprint density at radius 2 is 2.07 bits per heavy atom. The standard InChI is InChI=1S/C22H18N4O3S/c1-13-10-24-17(11-23-13)22(28)26-6-7-29-20-15(12-26)8-14(9-18(20)27)21-25-16-4-2-3-5-19(16)30-21/h2-5,8-11,27H,6-7,12H2,1H3. The van der Waals surface area contributed by atoms with Gasteiger partial charge in [-0.3, -0.25) is 9.78 Å². The second kappa shape index (κ2) is 7.38. The number of nitrogens with zero attached hydrogens (tertiary/aromatic N) is 4. The molecule has 0 unspecified atom stereocenters. The summed E-state index contributed by atoms with van der Waals surface area (Å²) in [6.45, 7) is 2.80. The van der Waals surface area contributed by atoms with Crippen molar-refractivity contribution in [2.75, 3.05) is 13.2 Å². The molecular weight excluding hydrogens is 400 g/mol. The zero-order valence-electron chi connectivity index (χ0n) is 16.2. The van der Waals surface area contributed by atoms with Crippen LogP contribution in [0.4, 0.5) is 0 Å². The third kappa shape index (κ3) is 3.35. The first-order valence-corrected chi connectivity index (χ1v) is 10.3. The second-order valence-electron chi connectivity index (χ2n) is 7.09. The lowest BCUT2D eigenvalue weighted by atomic mass is 10.1. The van der Waals surface area contributed by atoms with E-state index >= 15 is 0 Å². The molecule has 8 heteroatoms. The first kappa shape index (κ1) is 18.5. The van der Waals surface area contributed by atoms with Gasteiger partial charge in [-0.1, -0.05) is 12.1 Å². The minimum atomic E-state index is -0.219. The summed E-state index contributed by atoms with van der Waals surface area (Å²) in [5.74, 6) is 0.236. The summed E-state index contributed by atoms with van der Waals surface area (Å²) in [5, 5.41) is 11.4. The molecule has 0 fully saturated rings. The molecule has 1 aliphatic heterocycles. The number of aryl methyl sites for hydroxylation is 1. The maximum absolute atomic E-state index is 12.9. The van der Waals surface area contributed by atoms with E-state index in [9.17, 15) is 9.90 Å². The number of thiazole rings is 1. The lowest BCUT2D eigenvalue weighted by Crippen LogP contribution is -2.33. The summed E-state index contributed by atoms with van der Waals surface area (Å²) < 4.78 is 6.84. The molecule has 4 aromatic rings. The van der Waals surface area contributed by atoms with Crippen LogP contribution in [0.3, 0.4) is 0 Å². The average Bonchev–Trinajstić information content (AvgIpc) is 3.07. The molecule has 0 spiro atoms. The molecule has 30 heavy (non-hydrogen) atoms. The van der Waals surface area contributed by atoms with E-state index in [0.717, 1.165) is 32.0 Å². The van der Waals surface area contributed by atoms with E-state index in [4.69, 9.17) is 4.74 Å². The van der Waals surface area contributed by atoms with Crippen LogP contribution in [-0.4, -0.2) is 44.0 Å². The fraction of sp³-hybridized carbons (Fsp3) is 0.182. The number of fused-ring (bicyclic) bond motifs is 2. The number of hydrogen-bond acceptors (Lipinski definition) is 7. The third-order valence-electron chi connectivity index (χ3n) is 4.94. The molecule has 7 nitrogen and oxygen atoms in total. The number of phenols is 1. The molecule has 5 rings (SSSR count). The molecule has 1 aliphatic rings. The number of carbonyl (C=O) groups excluding carboxylic acids is 1. The van der Waals surface area contributed by atoms with Gasteiger partial charge in [-0.2, -0.15) is 0 Å². The molecule has 0 radical (unpaired) electrons. The highest BCUT2D eigenvalue weighted by molar-refractivity contribution is 7.21. The molecule has 2 aromatic heterocycles. The average molecular weight is 418 g/mol. The Morgan fingerprint density at radius 3 is 2.87 bits per heavy atom. The normalized spacial score (nSPS) is 13.6. The Hall–Kier alpha value is -3.52. The topological polar surface area (TPSA) is 88.4 Å².